The second kappa shape index (κ2) is 5.85. The van der Waals surface area contributed by atoms with E-state index < -0.39 is 0 Å². The molecule has 2 rings (SSSR count). The fourth-order valence-electron chi connectivity index (χ4n) is 1.89. The minimum atomic E-state index is -0.230. The highest BCUT2D eigenvalue weighted by Crippen LogP contribution is 2.27. The van der Waals surface area contributed by atoms with E-state index in [1.165, 1.54) is 12.1 Å². The van der Waals surface area contributed by atoms with Crippen LogP contribution >= 0.6 is 27.5 Å². The predicted octanol–water partition coefficient (Wildman–Crippen LogP) is 5.42. The first-order valence-electron chi connectivity index (χ1n) is 5.70. The van der Waals surface area contributed by atoms with Crippen LogP contribution < -0.4 is 0 Å². The first-order valence-corrected chi connectivity index (χ1v) is 6.93. The van der Waals surface area contributed by atoms with E-state index in [9.17, 15) is 4.39 Å². The maximum atomic E-state index is 13.3. The zero-order valence-corrected chi connectivity index (χ0v) is 12.3. The van der Waals surface area contributed by atoms with Crippen LogP contribution in [0.1, 0.15) is 22.1 Å². The second-order valence-corrected chi connectivity index (χ2v) is 5.80. The van der Waals surface area contributed by atoms with E-state index in [0.29, 0.717) is 6.42 Å². The Kier molecular flexibility index (Phi) is 4.41. The van der Waals surface area contributed by atoms with E-state index in [1.54, 1.807) is 0 Å². The molecule has 0 nitrogen and oxygen atoms in total. The molecule has 2 aromatic carbocycles. The monoisotopic (exact) mass is 326 g/mol. The molecule has 0 saturated carbocycles. The first-order chi connectivity index (χ1) is 8.54. The molecular formula is C15H13BrClF. The highest BCUT2D eigenvalue weighted by molar-refractivity contribution is 9.10. The molecule has 0 radical (unpaired) electrons. The van der Waals surface area contributed by atoms with Crippen LogP contribution in [0.25, 0.3) is 0 Å². The van der Waals surface area contributed by atoms with Gasteiger partial charge in [0.15, 0.2) is 0 Å². The van der Waals surface area contributed by atoms with Gasteiger partial charge >= 0.3 is 0 Å². The van der Waals surface area contributed by atoms with Crippen LogP contribution in [0, 0.1) is 12.7 Å². The Balaban J connectivity index is 2.16. The topological polar surface area (TPSA) is 0 Å². The SMILES string of the molecule is Cc1cc(F)cc(C(Cl)Cc2ccc(Br)cc2)c1. The molecular weight excluding hydrogens is 315 g/mol. The minimum Gasteiger partial charge on any atom is -0.207 e. The van der Waals surface area contributed by atoms with Crippen molar-refractivity contribution in [3.8, 4) is 0 Å². The second-order valence-electron chi connectivity index (χ2n) is 4.36. The molecule has 0 heterocycles. The van der Waals surface area contributed by atoms with Crippen LogP contribution in [0.5, 0.6) is 0 Å². The summed E-state index contributed by atoms with van der Waals surface area (Å²) in [4.78, 5) is 0. The van der Waals surface area contributed by atoms with Crippen LogP contribution in [-0.4, -0.2) is 0 Å². The summed E-state index contributed by atoms with van der Waals surface area (Å²) in [5.74, 6) is -0.230. The zero-order valence-electron chi connectivity index (χ0n) is 9.96. The standard InChI is InChI=1S/C15H13BrClF/c1-10-6-12(9-14(18)7-10)15(17)8-11-2-4-13(16)5-3-11/h2-7,9,15H,8H2,1H3. The maximum Gasteiger partial charge on any atom is 0.123 e. The third-order valence-electron chi connectivity index (χ3n) is 2.75. The molecule has 0 bridgehead atoms. The van der Waals surface area contributed by atoms with Crippen molar-refractivity contribution in [3.05, 3.63) is 69.4 Å². The Hall–Kier alpha value is -0.860. The Bertz CT molecular complexity index is 516. The maximum absolute atomic E-state index is 13.3. The first kappa shape index (κ1) is 13.6. The summed E-state index contributed by atoms with van der Waals surface area (Å²) in [6, 6.07) is 12.9. The van der Waals surface area contributed by atoms with Crippen molar-refractivity contribution in [3.63, 3.8) is 0 Å². The predicted molar refractivity (Wildman–Crippen MR) is 77.6 cm³/mol. The molecule has 0 amide bonds. The normalized spacial score (nSPS) is 12.4. The Labute approximate surface area is 120 Å². The summed E-state index contributed by atoms with van der Waals surface area (Å²) >= 11 is 9.74. The number of halogens is 3. The molecule has 0 fully saturated rings. The van der Waals surface area contributed by atoms with E-state index in [4.69, 9.17) is 11.6 Å². The molecule has 1 unspecified atom stereocenters. The highest BCUT2D eigenvalue weighted by Gasteiger charge is 2.10. The van der Waals surface area contributed by atoms with Gasteiger partial charge in [-0.05, 0) is 54.3 Å². The summed E-state index contributed by atoms with van der Waals surface area (Å²) in [6.07, 6.45) is 0.692. The number of rotatable bonds is 3. The van der Waals surface area contributed by atoms with Gasteiger partial charge in [-0.25, -0.2) is 4.39 Å². The van der Waals surface area contributed by atoms with Gasteiger partial charge in [0.05, 0.1) is 5.38 Å². The molecule has 1 atom stereocenters. The molecule has 0 aliphatic carbocycles. The van der Waals surface area contributed by atoms with Crippen molar-refractivity contribution in [1.29, 1.82) is 0 Å². The number of hydrogen-bond acceptors (Lipinski definition) is 0. The van der Waals surface area contributed by atoms with Crippen molar-refractivity contribution in [1.82, 2.24) is 0 Å². The molecule has 18 heavy (non-hydrogen) atoms. The molecule has 0 aromatic heterocycles. The lowest BCUT2D eigenvalue weighted by Crippen LogP contribution is -1.97. The smallest absolute Gasteiger partial charge is 0.123 e. The van der Waals surface area contributed by atoms with Crippen LogP contribution in [-0.2, 0) is 6.42 Å². The van der Waals surface area contributed by atoms with Gasteiger partial charge in [-0.3, -0.25) is 0 Å². The lowest BCUT2D eigenvalue weighted by Gasteiger charge is -2.11. The van der Waals surface area contributed by atoms with Gasteiger partial charge in [0, 0.05) is 4.47 Å². The highest BCUT2D eigenvalue weighted by atomic mass is 79.9. The van der Waals surface area contributed by atoms with Gasteiger partial charge in [-0.2, -0.15) is 0 Å². The van der Waals surface area contributed by atoms with Gasteiger partial charge < -0.3 is 0 Å². The average Bonchev–Trinajstić information content (AvgIpc) is 2.31. The van der Waals surface area contributed by atoms with Crippen molar-refractivity contribution < 1.29 is 4.39 Å². The molecule has 0 aliphatic rings. The largest absolute Gasteiger partial charge is 0.207 e. The Morgan fingerprint density at radius 2 is 1.83 bits per heavy atom. The van der Waals surface area contributed by atoms with Gasteiger partial charge in [0.25, 0.3) is 0 Å². The number of benzene rings is 2. The molecule has 0 N–H and O–H groups in total. The van der Waals surface area contributed by atoms with Crippen molar-refractivity contribution in [2.24, 2.45) is 0 Å². The van der Waals surface area contributed by atoms with Gasteiger partial charge in [-0.15, -0.1) is 11.6 Å². The van der Waals surface area contributed by atoms with E-state index in [-0.39, 0.29) is 11.2 Å². The van der Waals surface area contributed by atoms with Gasteiger partial charge in [-0.1, -0.05) is 34.1 Å². The zero-order chi connectivity index (χ0) is 13.1. The average molecular weight is 328 g/mol. The summed E-state index contributed by atoms with van der Waals surface area (Å²) in [7, 11) is 0. The van der Waals surface area contributed by atoms with Crippen molar-refractivity contribution in [2.45, 2.75) is 18.7 Å². The molecule has 3 heteroatoms. The number of aryl methyl sites for hydroxylation is 1. The summed E-state index contributed by atoms with van der Waals surface area (Å²) in [5, 5.41) is -0.208. The lowest BCUT2D eigenvalue weighted by atomic mass is 10.0. The van der Waals surface area contributed by atoms with Crippen molar-refractivity contribution in [2.75, 3.05) is 0 Å². The molecule has 94 valence electrons. The molecule has 0 spiro atoms. The number of hydrogen-bond donors (Lipinski definition) is 0. The Morgan fingerprint density at radius 1 is 1.17 bits per heavy atom. The van der Waals surface area contributed by atoms with Gasteiger partial charge in [0.1, 0.15) is 5.82 Å². The van der Waals surface area contributed by atoms with Crippen LogP contribution in [0.2, 0.25) is 0 Å². The fraction of sp³-hybridized carbons (Fsp3) is 0.200. The third-order valence-corrected chi connectivity index (χ3v) is 3.69. The van der Waals surface area contributed by atoms with Gasteiger partial charge in [0.2, 0.25) is 0 Å². The van der Waals surface area contributed by atoms with E-state index in [1.807, 2.05) is 37.3 Å². The quantitative estimate of drug-likeness (QED) is 0.660. The van der Waals surface area contributed by atoms with E-state index in [2.05, 4.69) is 15.9 Å². The summed E-state index contributed by atoms with van der Waals surface area (Å²) in [5.41, 5.74) is 2.86. The van der Waals surface area contributed by atoms with Crippen LogP contribution in [0.4, 0.5) is 4.39 Å². The number of alkyl halides is 1. The molecule has 0 saturated heterocycles. The fourth-order valence-corrected chi connectivity index (χ4v) is 2.46. The summed E-state index contributed by atoms with van der Waals surface area (Å²) in [6.45, 7) is 1.87. The van der Waals surface area contributed by atoms with Crippen LogP contribution in [0.3, 0.4) is 0 Å². The summed E-state index contributed by atoms with van der Waals surface area (Å²) < 4.78 is 14.4. The lowest BCUT2D eigenvalue weighted by molar-refractivity contribution is 0.623. The van der Waals surface area contributed by atoms with Crippen LogP contribution in [0.15, 0.2) is 46.9 Å². The third kappa shape index (κ3) is 3.56. The minimum absolute atomic E-state index is 0.208. The van der Waals surface area contributed by atoms with Crippen molar-refractivity contribution >= 4 is 27.5 Å². The molecule has 2 aromatic rings. The van der Waals surface area contributed by atoms with E-state index >= 15 is 0 Å². The van der Waals surface area contributed by atoms with E-state index in [0.717, 1.165) is 21.2 Å². The Morgan fingerprint density at radius 3 is 2.44 bits per heavy atom. The molecule has 0 aliphatic heterocycles.